The van der Waals surface area contributed by atoms with Crippen LogP contribution in [0.2, 0.25) is 0 Å². The van der Waals surface area contributed by atoms with Crippen molar-refractivity contribution in [3.8, 4) is 5.75 Å². The van der Waals surface area contributed by atoms with Gasteiger partial charge in [0.05, 0.1) is 19.6 Å². The number of methoxy groups -OCH3 is 1. The summed E-state index contributed by atoms with van der Waals surface area (Å²) >= 11 is 3.37. The third-order valence-corrected chi connectivity index (χ3v) is 4.41. The van der Waals surface area contributed by atoms with Gasteiger partial charge in [-0.2, -0.15) is 0 Å². The first-order valence-corrected chi connectivity index (χ1v) is 9.02. The van der Waals surface area contributed by atoms with Crippen molar-refractivity contribution >= 4 is 27.8 Å². The number of esters is 1. The lowest BCUT2D eigenvalue weighted by molar-refractivity contribution is -0.148. The Morgan fingerprint density at radius 1 is 1.15 bits per heavy atom. The lowest BCUT2D eigenvalue weighted by Crippen LogP contribution is -2.31. The predicted molar refractivity (Wildman–Crippen MR) is 103 cm³/mol. The van der Waals surface area contributed by atoms with Gasteiger partial charge in [0.2, 0.25) is 0 Å². The number of halogens is 1. The standard InChI is InChI=1S/C20H22BrNO4/c1-13-4-9-18(25-3)16(10-13)11-20(24)26-12-19(23)22-14(2)15-5-7-17(21)8-6-15/h4-10,14H,11-12H2,1-3H3,(H,22,23)/t14-/m0/s1. The maximum Gasteiger partial charge on any atom is 0.310 e. The van der Waals surface area contributed by atoms with Gasteiger partial charge in [-0.15, -0.1) is 0 Å². The summed E-state index contributed by atoms with van der Waals surface area (Å²) in [7, 11) is 1.55. The van der Waals surface area contributed by atoms with Gasteiger partial charge in [-0.3, -0.25) is 9.59 Å². The van der Waals surface area contributed by atoms with E-state index in [0.717, 1.165) is 21.2 Å². The van der Waals surface area contributed by atoms with E-state index in [1.54, 1.807) is 7.11 Å². The molecule has 6 heteroatoms. The van der Waals surface area contributed by atoms with Crippen LogP contribution in [0.3, 0.4) is 0 Å². The molecule has 0 fully saturated rings. The Labute approximate surface area is 161 Å². The molecule has 0 aliphatic carbocycles. The van der Waals surface area contributed by atoms with E-state index >= 15 is 0 Å². The zero-order valence-corrected chi connectivity index (χ0v) is 16.6. The number of amides is 1. The van der Waals surface area contributed by atoms with Crippen molar-refractivity contribution in [3.05, 3.63) is 63.6 Å². The Morgan fingerprint density at radius 3 is 2.50 bits per heavy atom. The molecule has 1 amide bonds. The monoisotopic (exact) mass is 419 g/mol. The van der Waals surface area contributed by atoms with Crippen LogP contribution < -0.4 is 10.1 Å². The minimum Gasteiger partial charge on any atom is -0.496 e. The van der Waals surface area contributed by atoms with Gasteiger partial charge in [-0.05, 0) is 37.6 Å². The number of hydrogen-bond acceptors (Lipinski definition) is 4. The van der Waals surface area contributed by atoms with Crippen LogP contribution in [0.15, 0.2) is 46.9 Å². The Morgan fingerprint density at radius 2 is 1.85 bits per heavy atom. The summed E-state index contributed by atoms with van der Waals surface area (Å²) in [6, 6.07) is 13.1. The first-order valence-electron chi connectivity index (χ1n) is 8.23. The Hall–Kier alpha value is -2.34. The molecule has 2 rings (SSSR count). The second kappa shape index (κ2) is 9.38. The number of carbonyl (C=O) groups is 2. The maximum absolute atomic E-state index is 12.0. The average molecular weight is 420 g/mol. The molecular weight excluding hydrogens is 398 g/mol. The highest BCUT2D eigenvalue weighted by Gasteiger charge is 2.14. The second-order valence-corrected chi connectivity index (χ2v) is 6.91. The minimum atomic E-state index is -0.472. The third-order valence-electron chi connectivity index (χ3n) is 3.88. The summed E-state index contributed by atoms with van der Waals surface area (Å²) in [5.74, 6) is -0.189. The van der Waals surface area contributed by atoms with Gasteiger partial charge in [-0.25, -0.2) is 0 Å². The molecule has 0 saturated heterocycles. The molecule has 1 N–H and O–H groups in total. The summed E-state index contributed by atoms with van der Waals surface area (Å²) in [6.07, 6.45) is 0.0560. The molecule has 0 heterocycles. The van der Waals surface area contributed by atoms with Crippen molar-refractivity contribution in [2.75, 3.05) is 13.7 Å². The van der Waals surface area contributed by atoms with E-state index in [1.165, 1.54) is 0 Å². The van der Waals surface area contributed by atoms with Crippen molar-refractivity contribution in [3.63, 3.8) is 0 Å². The fourth-order valence-electron chi connectivity index (χ4n) is 2.52. The highest BCUT2D eigenvalue weighted by Crippen LogP contribution is 2.20. The fraction of sp³-hybridized carbons (Fsp3) is 0.300. The van der Waals surface area contributed by atoms with Gasteiger partial charge in [-0.1, -0.05) is 45.8 Å². The molecule has 0 spiro atoms. The van der Waals surface area contributed by atoms with Gasteiger partial charge in [0, 0.05) is 10.0 Å². The molecule has 0 aromatic heterocycles. The normalized spacial score (nSPS) is 11.5. The highest BCUT2D eigenvalue weighted by atomic mass is 79.9. The van der Waals surface area contributed by atoms with Crippen LogP contribution in [0, 0.1) is 6.92 Å². The molecular formula is C20H22BrNO4. The smallest absolute Gasteiger partial charge is 0.310 e. The largest absolute Gasteiger partial charge is 0.496 e. The van der Waals surface area contributed by atoms with Crippen LogP contribution in [0.4, 0.5) is 0 Å². The topological polar surface area (TPSA) is 64.6 Å². The Kier molecular flexibility index (Phi) is 7.21. The Bertz CT molecular complexity index is 774. The molecule has 0 aliphatic heterocycles. The van der Waals surface area contributed by atoms with Gasteiger partial charge in [0.1, 0.15) is 5.75 Å². The zero-order valence-electron chi connectivity index (χ0n) is 15.0. The maximum atomic E-state index is 12.0. The second-order valence-electron chi connectivity index (χ2n) is 5.99. The molecule has 1 atom stereocenters. The molecule has 0 saturated carbocycles. The molecule has 2 aromatic rings. The van der Waals surface area contributed by atoms with E-state index in [0.29, 0.717) is 5.75 Å². The van der Waals surface area contributed by atoms with E-state index < -0.39 is 5.97 Å². The van der Waals surface area contributed by atoms with E-state index in [2.05, 4.69) is 21.2 Å². The number of hydrogen-bond donors (Lipinski definition) is 1. The summed E-state index contributed by atoms with van der Waals surface area (Å²) in [5, 5.41) is 2.81. The molecule has 26 heavy (non-hydrogen) atoms. The highest BCUT2D eigenvalue weighted by molar-refractivity contribution is 9.10. The summed E-state index contributed by atoms with van der Waals surface area (Å²) in [6.45, 7) is 3.50. The molecule has 0 aliphatic rings. The van der Waals surface area contributed by atoms with Crippen LogP contribution in [0.5, 0.6) is 5.75 Å². The number of benzene rings is 2. The minimum absolute atomic E-state index is 0.0560. The Balaban J connectivity index is 1.84. The summed E-state index contributed by atoms with van der Waals surface area (Å²) < 4.78 is 11.3. The third kappa shape index (κ3) is 5.88. The van der Waals surface area contributed by atoms with E-state index in [9.17, 15) is 9.59 Å². The van der Waals surface area contributed by atoms with Crippen LogP contribution in [0.25, 0.3) is 0 Å². The van der Waals surface area contributed by atoms with E-state index in [1.807, 2.05) is 56.3 Å². The van der Waals surface area contributed by atoms with Crippen LogP contribution >= 0.6 is 15.9 Å². The SMILES string of the molecule is COc1ccc(C)cc1CC(=O)OCC(=O)N[C@@H](C)c1ccc(Br)cc1. The fourth-order valence-corrected chi connectivity index (χ4v) is 2.78. The number of nitrogens with one attached hydrogen (secondary N) is 1. The van der Waals surface area contributed by atoms with Crippen molar-refractivity contribution in [1.82, 2.24) is 5.32 Å². The quantitative estimate of drug-likeness (QED) is 0.694. The van der Waals surface area contributed by atoms with E-state index in [-0.39, 0.29) is 25.0 Å². The van der Waals surface area contributed by atoms with Crippen LogP contribution in [-0.2, 0) is 20.7 Å². The van der Waals surface area contributed by atoms with Crippen LogP contribution in [-0.4, -0.2) is 25.6 Å². The zero-order chi connectivity index (χ0) is 19.1. The van der Waals surface area contributed by atoms with Crippen molar-refractivity contribution in [2.45, 2.75) is 26.3 Å². The number of carbonyl (C=O) groups excluding carboxylic acids is 2. The lowest BCUT2D eigenvalue weighted by Gasteiger charge is -2.15. The van der Waals surface area contributed by atoms with Crippen molar-refractivity contribution in [2.24, 2.45) is 0 Å². The first-order chi connectivity index (χ1) is 12.4. The predicted octanol–water partition coefficient (Wildman–Crippen LogP) is 3.73. The summed E-state index contributed by atoms with van der Waals surface area (Å²) in [4.78, 5) is 24.0. The van der Waals surface area contributed by atoms with Crippen LogP contribution in [0.1, 0.15) is 29.7 Å². The average Bonchev–Trinajstić information content (AvgIpc) is 2.60. The van der Waals surface area contributed by atoms with Gasteiger partial charge < -0.3 is 14.8 Å². The molecule has 5 nitrogen and oxygen atoms in total. The number of ether oxygens (including phenoxy) is 2. The van der Waals surface area contributed by atoms with Gasteiger partial charge in [0.25, 0.3) is 5.91 Å². The van der Waals surface area contributed by atoms with Gasteiger partial charge >= 0.3 is 5.97 Å². The van der Waals surface area contributed by atoms with Gasteiger partial charge in [0.15, 0.2) is 6.61 Å². The molecule has 0 radical (unpaired) electrons. The molecule has 138 valence electrons. The first kappa shape index (κ1) is 20.0. The number of rotatable bonds is 7. The molecule has 2 aromatic carbocycles. The summed E-state index contributed by atoms with van der Waals surface area (Å²) in [5.41, 5.74) is 2.73. The van der Waals surface area contributed by atoms with E-state index in [4.69, 9.17) is 9.47 Å². The molecule has 0 unspecified atom stereocenters. The lowest BCUT2D eigenvalue weighted by atomic mass is 10.1. The number of aryl methyl sites for hydroxylation is 1. The van der Waals surface area contributed by atoms with Crippen molar-refractivity contribution < 1.29 is 19.1 Å². The van der Waals surface area contributed by atoms with Crippen molar-refractivity contribution in [1.29, 1.82) is 0 Å². The molecule has 0 bridgehead atoms.